The number of carboxylic acid groups (broad SMARTS) is 1. The summed E-state index contributed by atoms with van der Waals surface area (Å²) in [5.74, 6) is -0.230. The molecule has 8 nitrogen and oxygen atoms in total. The van der Waals surface area contributed by atoms with E-state index in [1.807, 2.05) is 48.3 Å². The number of ether oxygens (including phenoxy) is 1. The molecule has 1 aliphatic rings. The van der Waals surface area contributed by atoms with Gasteiger partial charge in [0.2, 0.25) is 0 Å². The molecule has 1 unspecified atom stereocenters. The highest BCUT2D eigenvalue weighted by atomic mass is 16.5. The Morgan fingerprint density at radius 3 is 2.62 bits per heavy atom. The number of pyridine rings is 1. The van der Waals surface area contributed by atoms with Gasteiger partial charge in [0, 0.05) is 38.6 Å². The Morgan fingerprint density at radius 2 is 1.97 bits per heavy atom. The van der Waals surface area contributed by atoms with E-state index >= 15 is 0 Å². The van der Waals surface area contributed by atoms with Crippen LogP contribution in [0, 0.1) is 0 Å². The van der Waals surface area contributed by atoms with E-state index in [2.05, 4.69) is 4.98 Å². The first-order valence-electron chi connectivity index (χ1n) is 9.50. The van der Waals surface area contributed by atoms with Gasteiger partial charge in [0.1, 0.15) is 5.82 Å². The van der Waals surface area contributed by atoms with Crippen molar-refractivity contribution in [3.63, 3.8) is 0 Å². The number of nitrogens with zero attached hydrogens (tertiary/aromatic N) is 4. The van der Waals surface area contributed by atoms with Crippen molar-refractivity contribution >= 4 is 23.4 Å². The van der Waals surface area contributed by atoms with E-state index in [1.165, 1.54) is 0 Å². The Morgan fingerprint density at radius 1 is 1.21 bits per heavy atom. The van der Waals surface area contributed by atoms with Gasteiger partial charge in [-0.1, -0.05) is 18.2 Å². The van der Waals surface area contributed by atoms with E-state index in [1.54, 1.807) is 29.1 Å². The fraction of sp³-hybridized carbons (Fsp3) is 0.381. The molecule has 1 atom stereocenters. The molecule has 0 saturated carbocycles. The van der Waals surface area contributed by atoms with Crippen LogP contribution >= 0.6 is 0 Å². The molecule has 1 N–H and O–H groups in total. The largest absolute Gasteiger partial charge is 0.480 e. The number of hydrogen-bond donors (Lipinski definition) is 1. The van der Waals surface area contributed by atoms with Crippen LogP contribution in [-0.2, 0) is 9.53 Å². The second-order valence-electron chi connectivity index (χ2n) is 7.13. The normalized spacial score (nSPS) is 16.7. The molecule has 1 aliphatic heterocycles. The number of para-hydroxylation sites is 1. The lowest BCUT2D eigenvalue weighted by atomic mass is 10.2. The lowest BCUT2D eigenvalue weighted by Crippen LogP contribution is -2.49. The van der Waals surface area contributed by atoms with Gasteiger partial charge in [-0.2, -0.15) is 0 Å². The Kier molecular flexibility index (Phi) is 6.79. The Bertz CT molecular complexity index is 828. The molecule has 154 valence electrons. The summed E-state index contributed by atoms with van der Waals surface area (Å²) in [5.41, 5.74) is 1.54. The van der Waals surface area contributed by atoms with Crippen molar-refractivity contribution in [3.8, 4) is 0 Å². The molecule has 1 saturated heterocycles. The zero-order valence-corrected chi connectivity index (χ0v) is 16.7. The quantitative estimate of drug-likeness (QED) is 0.760. The first kappa shape index (κ1) is 20.8. The van der Waals surface area contributed by atoms with Crippen molar-refractivity contribution in [2.24, 2.45) is 0 Å². The van der Waals surface area contributed by atoms with Crippen LogP contribution in [0.1, 0.15) is 10.4 Å². The molecule has 0 bridgehead atoms. The summed E-state index contributed by atoms with van der Waals surface area (Å²) in [5, 5.41) is 8.88. The highest BCUT2D eigenvalue weighted by Gasteiger charge is 2.26. The Labute approximate surface area is 170 Å². The second kappa shape index (κ2) is 9.49. The van der Waals surface area contributed by atoms with Crippen molar-refractivity contribution in [2.75, 3.05) is 51.8 Å². The van der Waals surface area contributed by atoms with Gasteiger partial charge in [0.15, 0.2) is 0 Å². The molecular formula is C21H26N4O4. The topological polar surface area (TPSA) is 86.2 Å². The molecular weight excluding hydrogens is 372 g/mol. The van der Waals surface area contributed by atoms with E-state index in [9.17, 15) is 9.59 Å². The minimum atomic E-state index is -0.886. The minimum Gasteiger partial charge on any atom is -0.480 e. The lowest BCUT2D eigenvalue weighted by molar-refractivity contribution is -0.138. The number of aliphatic carboxylic acids is 1. The summed E-state index contributed by atoms with van der Waals surface area (Å²) < 4.78 is 5.70. The fourth-order valence-electron chi connectivity index (χ4n) is 3.33. The molecule has 1 amide bonds. The Balaban J connectivity index is 1.61. The highest BCUT2D eigenvalue weighted by molar-refractivity contribution is 5.94. The van der Waals surface area contributed by atoms with Gasteiger partial charge in [-0.05, 0) is 31.3 Å². The molecule has 29 heavy (non-hydrogen) atoms. The SMILES string of the molecule is CN(CC(=O)O)CC1CN(C(=O)c2ccc(N(C)c3ccccc3)nc2)CCO1. The van der Waals surface area contributed by atoms with Crippen molar-refractivity contribution in [1.29, 1.82) is 0 Å². The highest BCUT2D eigenvalue weighted by Crippen LogP contribution is 2.21. The number of aromatic nitrogens is 1. The van der Waals surface area contributed by atoms with Gasteiger partial charge in [0.25, 0.3) is 5.91 Å². The molecule has 0 aliphatic carbocycles. The number of rotatable bonds is 7. The number of amides is 1. The predicted octanol–water partition coefficient (Wildman–Crippen LogP) is 1.71. The smallest absolute Gasteiger partial charge is 0.317 e. The number of likely N-dealkylation sites (N-methyl/N-ethyl adjacent to an activating group) is 1. The van der Waals surface area contributed by atoms with Crippen molar-refractivity contribution in [3.05, 3.63) is 54.2 Å². The second-order valence-corrected chi connectivity index (χ2v) is 7.13. The maximum atomic E-state index is 12.9. The van der Waals surface area contributed by atoms with Gasteiger partial charge in [-0.25, -0.2) is 4.98 Å². The lowest BCUT2D eigenvalue weighted by Gasteiger charge is -2.34. The molecule has 2 aromatic rings. The van der Waals surface area contributed by atoms with Gasteiger partial charge in [-0.15, -0.1) is 0 Å². The number of hydrogen-bond acceptors (Lipinski definition) is 6. The first-order chi connectivity index (χ1) is 13.9. The summed E-state index contributed by atoms with van der Waals surface area (Å²) >= 11 is 0. The van der Waals surface area contributed by atoms with Crippen LogP contribution in [0.2, 0.25) is 0 Å². The molecule has 1 aromatic carbocycles. The van der Waals surface area contributed by atoms with Crippen LogP contribution in [0.15, 0.2) is 48.7 Å². The fourth-order valence-corrected chi connectivity index (χ4v) is 3.33. The number of benzene rings is 1. The third-order valence-corrected chi connectivity index (χ3v) is 4.83. The molecule has 3 rings (SSSR count). The Hall–Kier alpha value is -2.97. The van der Waals surface area contributed by atoms with Crippen LogP contribution in [0.25, 0.3) is 0 Å². The maximum absolute atomic E-state index is 12.9. The van der Waals surface area contributed by atoms with Crippen LogP contribution in [-0.4, -0.2) is 84.8 Å². The number of anilines is 2. The molecule has 1 fully saturated rings. The number of carbonyl (C=O) groups is 2. The zero-order valence-electron chi connectivity index (χ0n) is 16.7. The molecule has 1 aromatic heterocycles. The summed E-state index contributed by atoms with van der Waals surface area (Å²) in [6.45, 7) is 1.75. The number of morpholine rings is 1. The summed E-state index contributed by atoms with van der Waals surface area (Å²) in [4.78, 5) is 33.5. The molecule has 2 heterocycles. The van der Waals surface area contributed by atoms with Crippen LogP contribution < -0.4 is 4.90 Å². The van der Waals surface area contributed by atoms with Crippen molar-refractivity contribution in [1.82, 2.24) is 14.8 Å². The standard InChI is InChI=1S/C21H26N4O4/c1-23(15-20(26)27)13-18-14-25(10-11-29-18)21(28)16-8-9-19(22-12-16)24(2)17-6-4-3-5-7-17/h3-9,12,18H,10-11,13-15H2,1-2H3,(H,26,27). The third kappa shape index (κ3) is 5.52. The van der Waals surface area contributed by atoms with Gasteiger partial charge in [-0.3, -0.25) is 14.5 Å². The summed E-state index contributed by atoms with van der Waals surface area (Å²) in [6.07, 6.45) is 1.38. The predicted molar refractivity (Wildman–Crippen MR) is 110 cm³/mol. The van der Waals surface area contributed by atoms with E-state index in [-0.39, 0.29) is 18.6 Å². The number of carbonyl (C=O) groups excluding carboxylic acids is 1. The van der Waals surface area contributed by atoms with Crippen LogP contribution in [0.3, 0.4) is 0 Å². The van der Waals surface area contributed by atoms with Gasteiger partial charge >= 0.3 is 5.97 Å². The zero-order chi connectivity index (χ0) is 20.8. The van der Waals surface area contributed by atoms with Gasteiger partial charge < -0.3 is 19.6 Å². The molecule has 0 spiro atoms. The van der Waals surface area contributed by atoms with Crippen LogP contribution in [0.5, 0.6) is 0 Å². The monoisotopic (exact) mass is 398 g/mol. The maximum Gasteiger partial charge on any atom is 0.317 e. The van der Waals surface area contributed by atoms with Crippen molar-refractivity contribution < 1.29 is 19.4 Å². The number of carboxylic acids is 1. The van der Waals surface area contributed by atoms with E-state index in [0.717, 1.165) is 11.5 Å². The van der Waals surface area contributed by atoms with E-state index in [0.29, 0.717) is 31.8 Å². The van der Waals surface area contributed by atoms with E-state index < -0.39 is 5.97 Å². The molecule has 8 heteroatoms. The average Bonchev–Trinajstić information content (AvgIpc) is 2.73. The average molecular weight is 398 g/mol. The first-order valence-corrected chi connectivity index (χ1v) is 9.50. The minimum absolute atomic E-state index is 0.0614. The van der Waals surface area contributed by atoms with Crippen LogP contribution in [0.4, 0.5) is 11.5 Å². The van der Waals surface area contributed by atoms with Gasteiger partial charge in [0.05, 0.1) is 24.8 Å². The molecule has 0 radical (unpaired) electrons. The summed E-state index contributed by atoms with van der Waals surface area (Å²) in [7, 11) is 3.66. The third-order valence-electron chi connectivity index (χ3n) is 4.83. The summed E-state index contributed by atoms with van der Waals surface area (Å²) in [6, 6.07) is 13.5. The van der Waals surface area contributed by atoms with E-state index in [4.69, 9.17) is 9.84 Å². The van der Waals surface area contributed by atoms with Crippen molar-refractivity contribution in [2.45, 2.75) is 6.10 Å².